The van der Waals surface area contributed by atoms with Crippen LogP contribution in [-0.2, 0) is 14.3 Å². The molecule has 0 unspecified atom stereocenters. The monoisotopic (exact) mass is 616 g/mol. The van der Waals surface area contributed by atoms with Gasteiger partial charge in [0, 0.05) is 35.8 Å². The number of ether oxygens (including phenoxy) is 3. The molecule has 1 saturated heterocycles. The summed E-state index contributed by atoms with van der Waals surface area (Å²) in [5, 5.41) is 4.85. The zero-order valence-electron chi connectivity index (χ0n) is 24.1. The molecule has 4 atom stereocenters. The molecule has 3 amide bonds. The lowest BCUT2D eigenvalue weighted by Gasteiger charge is -2.32. The molecule has 2 heterocycles. The summed E-state index contributed by atoms with van der Waals surface area (Å²) in [5.74, 6) is -8.39. The van der Waals surface area contributed by atoms with Crippen LogP contribution in [0.25, 0.3) is 0 Å². The number of alkyl halides is 3. The van der Waals surface area contributed by atoms with Gasteiger partial charge in [-0.2, -0.15) is 17.6 Å². The van der Waals surface area contributed by atoms with Crippen molar-refractivity contribution in [3.63, 3.8) is 0 Å². The first-order valence-corrected chi connectivity index (χ1v) is 13.2. The Morgan fingerprint density at radius 3 is 2.42 bits per heavy atom. The smallest absolute Gasteiger partial charge is 0.417 e. The van der Waals surface area contributed by atoms with Crippen LogP contribution in [0.15, 0.2) is 30.5 Å². The van der Waals surface area contributed by atoms with E-state index in [2.05, 4.69) is 15.6 Å². The van der Waals surface area contributed by atoms with Crippen LogP contribution >= 0.6 is 0 Å². The average Bonchev–Trinajstić information content (AvgIpc) is 3.17. The van der Waals surface area contributed by atoms with Crippen LogP contribution in [0.2, 0.25) is 0 Å². The molecule has 1 aliphatic heterocycles. The van der Waals surface area contributed by atoms with Crippen LogP contribution in [0.1, 0.15) is 63.0 Å². The van der Waals surface area contributed by atoms with Crippen molar-refractivity contribution < 1.29 is 50.5 Å². The van der Waals surface area contributed by atoms with Crippen LogP contribution in [0.4, 0.5) is 32.4 Å². The van der Waals surface area contributed by atoms with Gasteiger partial charge in [0.2, 0.25) is 5.82 Å². The first-order chi connectivity index (χ1) is 19.9. The molecule has 0 spiro atoms. The first-order valence-electron chi connectivity index (χ1n) is 13.2. The highest BCUT2D eigenvalue weighted by atomic mass is 19.4. The second-order valence-electron chi connectivity index (χ2n) is 11.2. The number of halogens is 5. The third-order valence-electron chi connectivity index (χ3n) is 6.88. The lowest BCUT2D eigenvalue weighted by molar-refractivity contribution is -0.272. The second kappa shape index (κ2) is 12.7. The molecular weight excluding hydrogens is 583 g/mol. The van der Waals surface area contributed by atoms with Gasteiger partial charge in [-0.3, -0.25) is 14.6 Å². The van der Waals surface area contributed by atoms with Gasteiger partial charge in [0.1, 0.15) is 17.4 Å². The fourth-order valence-corrected chi connectivity index (χ4v) is 4.59. The Hall–Kier alpha value is -4.01. The number of alkyl carbamates (subject to hydrolysis) is 1. The van der Waals surface area contributed by atoms with E-state index < -0.39 is 70.6 Å². The van der Waals surface area contributed by atoms with Crippen molar-refractivity contribution >= 4 is 23.6 Å². The van der Waals surface area contributed by atoms with Crippen LogP contribution in [0.5, 0.6) is 5.75 Å². The van der Waals surface area contributed by atoms with Crippen molar-refractivity contribution in [2.75, 3.05) is 18.5 Å². The molecule has 0 radical (unpaired) electrons. The van der Waals surface area contributed by atoms with Crippen LogP contribution in [0, 0.1) is 17.6 Å². The lowest BCUT2D eigenvalue weighted by Crippen LogP contribution is -2.47. The van der Waals surface area contributed by atoms with Crippen LogP contribution in [-0.4, -0.2) is 59.5 Å². The molecule has 0 saturated carbocycles. The van der Waals surface area contributed by atoms with E-state index in [-0.39, 0.29) is 36.5 Å². The molecule has 43 heavy (non-hydrogen) atoms. The van der Waals surface area contributed by atoms with Gasteiger partial charge in [0.05, 0.1) is 6.61 Å². The Morgan fingerprint density at radius 2 is 1.81 bits per heavy atom. The van der Waals surface area contributed by atoms with Crippen LogP contribution < -0.4 is 21.1 Å². The predicted molar refractivity (Wildman–Crippen MR) is 143 cm³/mol. The van der Waals surface area contributed by atoms with Gasteiger partial charge < -0.3 is 30.6 Å². The summed E-state index contributed by atoms with van der Waals surface area (Å²) in [4.78, 5) is 40.4. The maximum Gasteiger partial charge on any atom is 0.417 e. The van der Waals surface area contributed by atoms with E-state index in [9.17, 15) is 31.9 Å². The van der Waals surface area contributed by atoms with E-state index in [0.717, 1.165) is 25.3 Å². The van der Waals surface area contributed by atoms with Crippen molar-refractivity contribution in [3.05, 3.63) is 53.4 Å². The fourth-order valence-electron chi connectivity index (χ4n) is 4.59. The number of benzene rings is 1. The predicted octanol–water partition coefficient (Wildman–Crippen LogP) is 4.83. The average molecular weight is 617 g/mol. The summed E-state index contributed by atoms with van der Waals surface area (Å²) in [6.07, 6.45) is -6.26. The number of nitrogens with one attached hydrogen (secondary N) is 2. The summed E-state index contributed by atoms with van der Waals surface area (Å²) < 4.78 is 88.1. The summed E-state index contributed by atoms with van der Waals surface area (Å²) in [7, 11) is 0. The van der Waals surface area contributed by atoms with Crippen molar-refractivity contribution in [2.45, 2.75) is 70.4 Å². The molecule has 236 valence electrons. The van der Waals surface area contributed by atoms with Gasteiger partial charge in [0.15, 0.2) is 17.2 Å². The molecule has 1 aromatic heterocycles. The minimum atomic E-state index is -4.96. The van der Waals surface area contributed by atoms with Crippen molar-refractivity contribution in [1.82, 2.24) is 10.3 Å². The van der Waals surface area contributed by atoms with Gasteiger partial charge in [-0.15, -0.1) is 0 Å². The molecular formula is C28H33F5N4O6. The standard InChI is InChI=1S/C28H33F5N4O6/c1-14-19(16-7-8-17(29)20(30)21(16)41-12-6-10-36-25(40)43-26(2,3)4)22(42-27(14,5)28(31,32)33)24(39)37-15-9-11-35-18(13-15)23(34)38/h7-9,11,13-14,19,22H,6,10,12H2,1-5H3,(H2,34,38)(H,36,40)(H,35,37,39)/t14-,19-,22+,27+/m0/s1. The van der Waals surface area contributed by atoms with E-state index in [1.807, 2.05) is 0 Å². The van der Waals surface area contributed by atoms with Gasteiger partial charge >= 0.3 is 12.3 Å². The highest BCUT2D eigenvalue weighted by Crippen LogP contribution is 2.55. The van der Waals surface area contributed by atoms with Crippen molar-refractivity contribution in [2.24, 2.45) is 11.7 Å². The molecule has 4 N–H and O–H groups in total. The lowest BCUT2D eigenvalue weighted by atomic mass is 9.77. The summed E-state index contributed by atoms with van der Waals surface area (Å²) in [5.41, 5.74) is 1.14. The minimum Gasteiger partial charge on any atom is -0.490 e. The summed E-state index contributed by atoms with van der Waals surface area (Å²) in [6.45, 7) is 6.71. The zero-order chi connectivity index (χ0) is 32.3. The molecule has 2 aromatic rings. The SMILES string of the molecule is C[C@H]1[C@@H](c2ccc(F)c(F)c2OCCCNC(=O)OC(C)(C)C)[C@H](C(=O)Nc2ccnc(C(N)=O)c2)O[C@@]1(C)C(F)(F)F. The molecule has 0 bridgehead atoms. The fraction of sp³-hybridized carbons (Fsp3) is 0.500. The van der Waals surface area contributed by atoms with E-state index in [1.54, 1.807) is 20.8 Å². The van der Waals surface area contributed by atoms with E-state index in [1.165, 1.54) is 13.0 Å². The highest BCUT2D eigenvalue weighted by molar-refractivity contribution is 5.97. The maximum atomic E-state index is 15.1. The summed E-state index contributed by atoms with van der Waals surface area (Å²) in [6, 6.07) is 4.15. The van der Waals surface area contributed by atoms with Crippen LogP contribution in [0.3, 0.4) is 0 Å². The molecule has 1 aromatic carbocycles. The highest BCUT2D eigenvalue weighted by Gasteiger charge is 2.66. The van der Waals surface area contributed by atoms with Gasteiger partial charge in [0.25, 0.3) is 11.8 Å². The third-order valence-corrected chi connectivity index (χ3v) is 6.88. The van der Waals surface area contributed by atoms with Gasteiger partial charge in [-0.25, -0.2) is 9.18 Å². The number of nitrogens with zero attached hydrogens (tertiary/aromatic N) is 1. The first kappa shape index (κ1) is 33.5. The normalized spacial score (nSPS) is 22.1. The molecule has 1 aliphatic rings. The Morgan fingerprint density at radius 1 is 1.14 bits per heavy atom. The number of rotatable bonds is 9. The third kappa shape index (κ3) is 7.69. The largest absolute Gasteiger partial charge is 0.490 e. The number of pyridine rings is 1. The number of anilines is 1. The van der Waals surface area contributed by atoms with E-state index in [4.69, 9.17) is 19.9 Å². The second-order valence-corrected chi connectivity index (χ2v) is 11.2. The number of hydrogen-bond donors (Lipinski definition) is 3. The number of nitrogens with two attached hydrogens (primary N) is 1. The quantitative estimate of drug-likeness (QED) is 0.271. The number of carbonyl (C=O) groups excluding carboxylic acids is 3. The number of aromatic nitrogens is 1. The molecule has 1 fully saturated rings. The van der Waals surface area contributed by atoms with Gasteiger partial charge in [-0.1, -0.05) is 13.0 Å². The minimum absolute atomic E-state index is 0.0105. The summed E-state index contributed by atoms with van der Waals surface area (Å²) >= 11 is 0. The van der Waals surface area contributed by atoms with Gasteiger partial charge in [-0.05, 0) is 52.3 Å². The Balaban J connectivity index is 1.91. The zero-order valence-corrected chi connectivity index (χ0v) is 24.1. The van der Waals surface area contributed by atoms with E-state index in [0.29, 0.717) is 6.07 Å². The number of carbonyl (C=O) groups is 3. The number of amides is 3. The Kier molecular flexibility index (Phi) is 9.89. The molecule has 10 nitrogen and oxygen atoms in total. The Bertz CT molecular complexity index is 1370. The Labute approximate surface area is 244 Å². The van der Waals surface area contributed by atoms with Crippen molar-refractivity contribution in [3.8, 4) is 5.75 Å². The topological polar surface area (TPSA) is 142 Å². The number of hydrogen-bond acceptors (Lipinski definition) is 7. The number of primary amides is 1. The molecule has 0 aliphatic carbocycles. The van der Waals surface area contributed by atoms with E-state index >= 15 is 4.39 Å². The van der Waals surface area contributed by atoms with Crippen molar-refractivity contribution in [1.29, 1.82) is 0 Å². The molecule has 3 rings (SSSR count). The molecule has 15 heteroatoms. The maximum absolute atomic E-state index is 15.1.